The normalized spacial score (nSPS) is 12.1. The van der Waals surface area contributed by atoms with Gasteiger partial charge in [-0.3, -0.25) is 4.79 Å². The predicted octanol–water partition coefficient (Wildman–Crippen LogP) is 3.08. The summed E-state index contributed by atoms with van der Waals surface area (Å²) in [6.07, 6.45) is 0.562. The number of hydrogen-bond donors (Lipinski definition) is 1. The van der Waals surface area contributed by atoms with Crippen molar-refractivity contribution in [2.24, 2.45) is 0 Å². The van der Waals surface area contributed by atoms with E-state index in [1.165, 1.54) is 0 Å². The minimum atomic E-state index is -0.792. The molecule has 0 aliphatic heterocycles. The molecule has 1 rings (SSSR count). The lowest BCUT2D eigenvalue weighted by atomic mass is 10.2. The maximum atomic E-state index is 10.3. The molecule has 0 amide bonds. The van der Waals surface area contributed by atoms with Gasteiger partial charge in [0.05, 0.1) is 6.10 Å². The summed E-state index contributed by atoms with van der Waals surface area (Å²) in [5.41, 5.74) is 0. The fraction of sp³-hybridized carbons (Fsp3) is 0.364. The molecule has 0 spiro atoms. The molecule has 15 heavy (non-hydrogen) atoms. The lowest BCUT2D eigenvalue weighted by Gasteiger charge is -2.13. The first-order valence-corrected chi connectivity index (χ1v) is 5.51. The van der Waals surface area contributed by atoms with Crippen LogP contribution < -0.4 is 4.74 Å². The number of benzene rings is 1. The molecule has 0 bridgehead atoms. The topological polar surface area (TPSA) is 46.5 Å². The van der Waals surface area contributed by atoms with Gasteiger partial charge in [0.25, 0.3) is 0 Å². The summed E-state index contributed by atoms with van der Waals surface area (Å²) in [4.78, 5) is 10.3. The molecule has 1 aromatic carbocycles. The van der Waals surface area contributed by atoms with Crippen molar-refractivity contribution in [2.75, 3.05) is 0 Å². The molecule has 0 saturated carbocycles. The number of hydrogen-bond acceptors (Lipinski definition) is 2. The summed E-state index contributed by atoms with van der Waals surface area (Å²) in [5.74, 6) is -0.0399. The Hall–Kier alpha value is -1.03. The summed E-state index contributed by atoms with van der Waals surface area (Å²) in [6, 6.07) is 7.50. The van der Waals surface area contributed by atoms with E-state index in [4.69, 9.17) is 9.84 Å². The van der Waals surface area contributed by atoms with Crippen LogP contribution in [0.25, 0.3) is 0 Å². The van der Waals surface area contributed by atoms with Gasteiger partial charge in [0.15, 0.2) is 0 Å². The maximum Gasteiger partial charge on any atom is 0.303 e. The van der Waals surface area contributed by atoms with Crippen LogP contribution >= 0.6 is 15.9 Å². The lowest BCUT2D eigenvalue weighted by Crippen LogP contribution is -2.13. The zero-order chi connectivity index (χ0) is 11.3. The Morgan fingerprint density at radius 1 is 1.60 bits per heavy atom. The van der Waals surface area contributed by atoms with Crippen LogP contribution in [0.3, 0.4) is 0 Å². The first-order valence-electron chi connectivity index (χ1n) is 4.72. The highest BCUT2D eigenvalue weighted by atomic mass is 79.9. The van der Waals surface area contributed by atoms with Gasteiger partial charge in [0.1, 0.15) is 5.75 Å². The van der Waals surface area contributed by atoms with Crippen molar-refractivity contribution in [3.63, 3.8) is 0 Å². The number of carboxylic acid groups (broad SMARTS) is 1. The quantitative estimate of drug-likeness (QED) is 0.896. The molecule has 0 radical (unpaired) electrons. The van der Waals surface area contributed by atoms with Crippen molar-refractivity contribution >= 4 is 21.9 Å². The molecule has 0 aliphatic carbocycles. The minimum Gasteiger partial charge on any atom is -0.491 e. The molecule has 3 nitrogen and oxygen atoms in total. The number of aliphatic carboxylic acids is 1. The van der Waals surface area contributed by atoms with E-state index in [0.717, 1.165) is 10.2 Å². The second-order valence-electron chi connectivity index (χ2n) is 3.32. The molecule has 0 fully saturated rings. The van der Waals surface area contributed by atoms with E-state index in [1.807, 2.05) is 31.2 Å². The number of halogens is 1. The summed E-state index contributed by atoms with van der Waals surface area (Å²) in [6.45, 7) is 1.86. The van der Waals surface area contributed by atoms with Crippen molar-refractivity contribution in [2.45, 2.75) is 25.9 Å². The predicted molar refractivity (Wildman–Crippen MR) is 61.1 cm³/mol. The molecule has 0 saturated heterocycles. The first kappa shape index (κ1) is 12.0. The Morgan fingerprint density at radius 2 is 2.33 bits per heavy atom. The van der Waals surface area contributed by atoms with E-state index in [1.54, 1.807) is 0 Å². The van der Waals surface area contributed by atoms with Gasteiger partial charge in [0.2, 0.25) is 0 Å². The smallest absolute Gasteiger partial charge is 0.303 e. The Labute approximate surface area is 97.2 Å². The average Bonchev–Trinajstić information content (AvgIpc) is 2.15. The van der Waals surface area contributed by atoms with Crippen LogP contribution in [-0.2, 0) is 4.79 Å². The highest BCUT2D eigenvalue weighted by Gasteiger charge is 2.06. The SMILES string of the molecule is CC(CCC(=O)O)Oc1cccc(Br)c1. The van der Waals surface area contributed by atoms with Crippen molar-refractivity contribution in [1.29, 1.82) is 0 Å². The monoisotopic (exact) mass is 272 g/mol. The van der Waals surface area contributed by atoms with Crippen molar-refractivity contribution in [1.82, 2.24) is 0 Å². The summed E-state index contributed by atoms with van der Waals surface area (Å²) in [7, 11) is 0. The minimum absolute atomic E-state index is 0.0876. The van der Waals surface area contributed by atoms with Gasteiger partial charge in [-0.05, 0) is 31.5 Å². The van der Waals surface area contributed by atoms with Gasteiger partial charge in [-0.2, -0.15) is 0 Å². The zero-order valence-electron chi connectivity index (χ0n) is 8.44. The third-order valence-corrected chi connectivity index (χ3v) is 2.39. The molecule has 4 heteroatoms. The van der Waals surface area contributed by atoms with Crippen molar-refractivity contribution < 1.29 is 14.6 Å². The van der Waals surface area contributed by atoms with Crippen molar-refractivity contribution in [3.05, 3.63) is 28.7 Å². The van der Waals surface area contributed by atoms with E-state index in [2.05, 4.69) is 15.9 Å². The van der Waals surface area contributed by atoms with Gasteiger partial charge in [-0.1, -0.05) is 22.0 Å². The number of carbonyl (C=O) groups is 1. The van der Waals surface area contributed by atoms with Crippen LogP contribution in [0.15, 0.2) is 28.7 Å². The number of ether oxygens (including phenoxy) is 1. The molecule has 0 aromatic heterocycles. The molecular weight excluding hydrogens is 260 g/mol. The average molecular weight is 273 g/mol. The summed E-state index contributed by atoms with van der Waals surface area (Å²) < 4.78 is 6.50. The number of rotatable bonds is 5. The van der Waals surface area contributed by atoms with Crippen LogP contribution in [0, 0.1) is 0 Å². The van der Waals surface area contributed by atoms with Gasteiger partial charge in [-0.25, -0.2) is 0 Å². The highest BCUT2D eigenvalue weighted by molar-refractivity contribution is 9.10. The van der Waals surface area contributed by atoms with Crippen LogP contribution in [0.4, 0.5) is 0 Å². The molecular formula is C11H13BrO3. The van der Waals surface area contributed by atoms with Gasteiger partial charge >= 0.3 is 5.97 Å². The van der Waals surface area contributed by atoms with Gasteiger partial charge < -0.3 is 9.84 Å². The fourth-order valence-electron chi connectivity index (χ4n) is 1.16. The van der Waals surface area contributed by atoms with Gasteiger partial charge in [-0.15, -0.1) is 0 Å². The highest BCUT2D eigenvalue weighted by Crippen LogP contribution is 2.19. The van der Waals surface area contributed by atoms with E-state index >= 15 is 0 Å². The van der Waals surface area contributed by atoms with E-state index in [0.29, 0.717) is 6.42 Å². The molecule has 1 atom stereocenters. The zero-order valence-corrected chi connectivity index (χ0v) is 10.0. The Bertz CT molecular complexity index is 338. The van der Waals surface area contributed by atoms with Crippen LogP contribution in [0.1, 0.15) is 19.8 Å². The van der Waals surface area contributed by atoms with E-state index < -0.39 is 5.97 Å². The van der Waals surface area contributed by atoms with Crippen LogP contribution in [0.2, 0.25) is 0 Å². The second-order valence-corrected chi connectivity index (χ2v) is 4.23. The third kappa shape index (κ3) is 4.83. The standard InChI is InChI=1S/C11H13BrO3/c1-8(5-6-11(13)14)15-10-4-2-3-9(12)7-10/h2-4,7-8H,5-6H2,1H3,(H,13,14). The Kier molecular flexibility index (Phi) is 4.62. The molecule has 0 heterocycles. The summed E-state index contributed by atoms with van der Waals surface area (Å²) >= 11 is 3.34. The molecule has 1 aromatic rings. The first-order chi connectivity index (χ1) is 7.08. The van der Waals surface area contributed by atoms with E-state index in [9.17, 15) is 4.79 Å². The van der Waals surface area contributed by atoms with Crippen molar-refractivity contribution in [3.8, 4) is 5.75 Å². The van der Waals surface area contributed by atoms with Crippen LogP contribution in [-0.4, -0.2) is 17.2 Å². The lowest BCUT2D eigenvalue weighted by molar-refractivity contribution is -0.137. The Balaban J connectivity index is 2.44. The molecule has 82 valence electrons. The third-order valence-electron chi connectivity index (χ3n) is 1.90. The van der Waals surface area contributed by atoms with Crippen LogP contribution in [0.5, 0.6) is 5.75 Å². The maximum absolute atomic E-state index is 10.3. The second kappa shape index (κ2) is 5.75. The molecule has 1 N–H and O–H groups in total. The molecule has 1 unspecified atom stereocenters. The van der Waals surface area contributed by atoms with Gasteiger partial charge in [0, 0.05) is 10.9 Å². The number of carboxylic acids is 1. The van der Waals surface area contributed by atoms with E-state index in [-0.39, 0.29) is 12.5 Å². The summed E-state index contributed by atoms with van der Waals surface area (Å²) in [5, 5.41) is 8.51. The Morgan fingerprint density at radius 3 is 2.93 bits per heavy atom. The molecule has 0 aliphatic rings. The fourth-order valence-corrected chi connectivity index (χ4v) is 1.54. The largest absolute Gasteiger partial charge is 0.491 e.